The largest absolute Gasteiger partial charge is 0.298 e. The number of rotatable bonds is 2. The van der Waals surface area contributed by atoms with Crippen molar-refractivity contribution in [2.24, 2.45) is 0 Å². The number of carbonyl (C=O) groups is 1. The van der Waals surface area contributed by atoms with Crippen molar-refractivity contribution in [2.45, 2.75) is 37.3 Å². The normalized spacial score (nSPS) is 13.5. The Labute approximate surface area is 124 Å². The van der Waals surface area contributed by atoms with Crippen LogP contribution in [0.4, 0.5) is 0 Å². The van der Waals surface area contributed by atoms with Gasteiger partial charge in [-0.3, -0.25) is 4.79 Å². The summed E-state index contributed by atoms with van der Waals surface area (Å²) in [7, 11) is -1.07. The lowest BCUT2D eigenvalue weighted by molar-refractivity contribution is 0.112. The van der Waals surface area contributed by atoms with Crippen LogP contribution < -0.4 is 0 Å². The molecule has 0 unspecified atom stereocenters. The first-order valence-electron chi connectivity index (χ1n) is 6.91. The Morgan fingerprint density at radius 3 is 2.05 bits per heavy atom. The second-order valence-corrected chi connectivity index (χ2v) is 10.9. The molecule has 0 heterocycles. The molecule has 108 valence electrons. The van der Waals surface area contributed by atoms with Crippen molar-refractivity contribution in [1.82, 2.24) is 0 Å². The summed E-state index contributed by atoms with van der Waals surface area (Å²) >= 11 is 0. The van der Waals surface area contributed by atoms with Gasteiger partial charge in [0.15, 0.2) is 6.29 Å². The van der Waals surface area contributed by atoms with E-state index < -0.39 is 10.0 Å². The van der Waals surface area contributed by atoms with Crippen LogP contribution in [-0.2, 0) is 0 Å². The predicted octanol–water partition coefficient (Wildman–Crippen LogP) is 5.13. The smallest absolute Gasteiger partial charge is 0.151 e. The third kappa shape index (κ3) is 2.16. The van der Waals surface area contributed by atoms with Gasteiger partial charge in [-0.15, -0.1) is 0 Å². The highest BCUT2D eigenvalue weighted by Gasteiger charge is 2.35. The average Bonchev–Trinajstić information content (AvgIpc) is 2.53. The van der Waals surface area contributed by atoms with Crippen molar-refractivity contribution in [3.8, 4) is 11.1 Å². The van der Waals surface area contributed by atoms with Gasteiger partial charge in [0, 0.05) is 10.5 Å². The summed E-state index contributed by atoms with van der Waals surface area (Å²) in [5, 5.41) is 0. The molecule has 1 nitrogen and oxygen atoms in total. The molecule has 0 bridgehead atoms. The quantitative estimate of drug-likeness (QED) is 0.700. The number of carbonyl (C=O) groups excluding carboxylic acids is 1. The van der Waals surface area contributed by atoms with Crippen LogP contribution in [0.25, 0.3) is 11.1 Å². The van der Waals surface area contributed by atoms with E-state index in [1.807, 2.05) is 18.2 Å². The van der Waals surface area contributed by atoms with Crippen LogP contribution in [0.3, 0.4) is 0 Å². The van der Waals surface area contributed by atoms with Crippen molar-refractivity contribution >= 4 is 16.3 Å². The minimum atomic E-state index is -1.07. The lowest BCUT2D eigenvalue weighted by atomic mass is 10.1. The Balaban J connectivity index is 2.88. The number of aldehydes is 1. The molecule has 0 saturated heterocycles. The molecule has 2 aliphatic carbocycles. The predicted molar refractivity (Wildman–Crippen MR) is 90.6 cm³/mol. The minimum absolute atomic E-state index is 0.169. The van der Waals surface area contributed by atoms with Crippen LogP contribution >= 0.6 is 10.0 Å². The highest BCUT2D eigenvalue weighted by Crippen LogP contribution is 2.63. The van der Waals surface area contributed by atoms with Gasteiger partial charge in [-0.05, 0) is 40.9 Å². The molecule has 0 spiro atoms. The van der Waals surface area contributed by atoms with E-state index in [1.54, 1.807) is 0 Å². The van der Waals surface area contributed by atoms with E-state index in [1.165, 1.54) is 16.0 Å². The Bertz CT molecular complexity index is 620. The molecule has 0 saturated carbocycles. The Morgan fingerprint density at radius 1 is 1.00 bits per heavy atom. The van der Waals surface area contributed by atoms with E-state index in [9.17, 15) is 4.79 Å². The van der Waals surface area contributed by atoms with E-state index in [2.05, 4.69) is 52.3 Å². The fourth-order valence-electron chi connectivity index (χ4n) is 2.64. The molecule has 20 heavy (non-hydrogen) atoms. The lowest BCUT2D eigenvalue weighted by Crippen LogP contribution is -2.24. The molecule has 0 aromatic carbocycles. The fraction of sp³-hybridized carbons (Fsp3) is 0.389. The third-order valence-corrected chi connectivity index (χ3v) is 9.09. The van der Waals surface area contributed by atoms with Gasteiger partial charge >= 0.3 is 0 Å². The zero-order valence-corrected chi connectivity index (χ0v) is 14.1. The van der Waals surface area contributed by atoms with Crippen LogP contribution in [0.5, 0.6) is 0 Å². The van der Waals surface area contributed by atoms with E-state index in [-0.39, 0.29) is 4.75 Å². The highest BCUT2D eigenvalue weighted by molar-refractivity contribution is 8.33. The van der Waals surface area contributed by atoms with Crippen molar-refractivity contribution in [2.75, 3.05) is 12.5 Å². The maximum atomic E-state index is 11.7. The van der Waals surface area contributed by atoms with Crippen LogP contribution in [0, 0.1) is 6.92 Å². The van der Waals surface area contributed by atoms with Crippen molar-refractivity contribution in [3.63, 3.8) is 0 Å². The van der Waals surface area contributed by atoms with E-state index in [0.29, 0.717) is 0 Å². The van der Waals surface area contributed by atoms with Gasteiger partial charge in [0.05, 0.1) is 0 Å². The molecule has 2 heteroatoms. The maximum Gasteiger partial charge on any atom is 0.151 e. The highest BCUT2D eigenvalue weighted by atomic mass is 32.3. The zero-order valence-electron chi connectivity index (χ0n) is 13.3. The Hall–Kier alpha value is -1.28. The van der Waals surface area contributed by atoms with Gasteiger partial charge in [0.25, 0.3) is 0 Å². The molecular formula is C18H24OS. The van der Waals surface area contributed by atoms with E-state index in [4.69, 9.17) is 0 Å². The van der Waals surface area contributed by atoms with Gasteiger partial charge in [-0.1, -0.05) is 51.1 Å². The molecular weight excluding hydrogens is 264 g/mol. The first-order chi connectivity index (χ1) is 9.21. The van der Waals surface area contributed by atoms with Crippen LogP contribution in [0.1, 0.15) is 36.7 Å². The standard InChI is InChI=1S/C18H24OS/c1-13-14-10-8-7-9-11-15(14)16(12-19)17(13)20(5,6)18(2,3)4/h7-12H,1-6H3. The van der Waals surface area contributed by atoms with Gasteiger partial charge < -0.3 is 0 Å². The topological polar surface area (TPSA) is 17.1 Å². The number of hydrogen-bond donors (Lipinski definition) is 0. The maximum absolute atomic E-state index is 11.7. The molecule has 0 atom stereocenters. The van der Waals surface area contributed by atoms with Gasteiger partial charge in [-0.2, -0.15) is 0 Å². The second kappa shape index (κ2) is 4.92. The fourth-order valence-corrected chi connectivity index (χ4v) is 4.83. The molecule has 0 aliphatic heterocycles. The summed E-state index contributed by atoms with van der Waals surface area (Å²) in [6.07, 6.45) is 5.69. The minimum Gasteiger partial charge on any atom is -0.298 e. The van der Waals surface area contributed by atoms with Crippen molar-refractivity contribution < 1.29 is 4.79 Å². The van der Waals surface area contributed by atoms with Crippen LogP contribution in [0.2, 0.25) is 0 Å². The summed E-state index contributed by atoms with van der Waals surface area (Å²) in [5.41, 5.74) is 4.45. The number of hydrogen-bond acceptors (Lipinski definition) is 1. The Kier molecular flexibility index (Phi) is 3.72. The monoisotopic (exact) mass is 288 g/mol. The lowest BCUT2D eigenvalue weighted by Gasteiger charge is -2.45. The summed E-state index contributed by atoms with van der Waals surface area (Å²) in [6.45, 7) is 8.97. The summed E-state index contributed by atoms with van der Waals surface area (Å²) in [4.78, 5) is 13.0. The third-order valence-electron chi connectivity index (χ3n) is 4.48. The van der Waals surface area contributed by atoms with Crippen LogP contribution in [-0.4, -0.2) is 23.5 Å². The first kappa shape index (κ1) is 15.1. The van der Waals surface area contributed by atoms with Crippen molar-refractivity contribution in [1.29, 1.82) is 0 Å². The van der Waals surface area contributed by atoms with Crippen molar-refractivity contribution in [3.05, 3.63) is 41.5 Å². The molecule has 0 aromatic rings. The number of fused-ring (bicyclic) bond motifs is 1. The molecule has 2 aliphatic rings. The first-order valence-corrected chi connectivity index (χ1v) is 9.36. The molecule has 0 radical (unpaired) electrons. The van der Waals surface area contributed by atoms with Gasteiger partial charge in [-0.25, -0.2) is 10.0 Å². The van der Waals surface area contributed by atoms with Gasteiger partial charge in [0.1, 0.15) is 0 Å². The molecule has 0 fully saturated rings. The summed E-state index contributed by atoms with van der Waals surface area (Å²) in [5.74, 6) is 0. The molecule has 2 rings (SSSR count). The Morgan fingerprint density at radius 2 is 1.55 bits per heavy atom. The van der Waals surface area contributed by atoms with E-state index >= 15 is 0 Å². The zero-order chi connectivity index (χ0) is 15.1. The average molecular weight is 288 g/mol. The summed E-state index contributed by atoms with van der Waals surface area (Å²) in [6, 6.07) is 10.3. The molecule has 0 N–H and O–H groups in total. The second-order valence-electron chi connectivity index (χ2n) is 6.66. The molecule has 0 amide bonds. The van der Waals surface area contributed by atoms with Gasteiger partial charge in [0.2, 0.25) is 0 Å². The SMILES string of the molecule is Cc1c2cccccc-2c(C=O)c1S(C)(C)C(C)(C)C. The van der Waals surface area contributed by atoms with Crippen LogP contribution in [0.15, 0.2) is 35.2 Å². The molecule has 0 aromatic heterocycles. The summed E-state index contributed by atoms with van der Waals surface area (Å²) < 4.78 is 0.169. The van der Waals surface area contributed by atoms with E-state index in [0.717, 1.165) is 17.4 Å².